The number of rotatable bonds is 11. The van der Waals surface area contributed by atoms with E-state index in [1.54, 1.807) is 0 Å². The van der Waals surface area contributed by atoms with Crippen LogP contribution >= 0.6 is 0 Å². The van der Waals surface area contributed by atoms with Crippen LogP contribution in [0.2, 0.25) is 0 Å². The number of benzene rings is 1. The largest absolute Gasteiger partial charge is 0.377 e. The average Bonchev–Trinajstić information content (AvgIpc) is 2.56. The lowest BCUT2D eigenvalue weighted by molar-refractivity contribution is -0.0305. The lowest BCUT2D eigenvalue weighted by atomic mass is 9.99. The van der Waals surface area contributed by atoms with Gasteiger partial charge in [0.05, 0.1) is 12.7 Å². The van der Waals surface area contributed by atoms with Gasteiger partial charge in [0.1, 0.15) is 0 Å². The molecule has 3 heteroatoms. The van der Waals surface area contributed by atoms with Gasteiger partial charge in [-0.25, -0.2) is 0 Å². The Kier molecular flexibility index (Phi) is 9.47. The molecule has 0 bridgehead atoms. The minimum absolute atomic E-state index is 0.00317. The van der Waals surface area contributed by atoms with E-state index in [2.05, 4.69) is 103 Å². The standard InChI is InChI=1S/C24H44N2O/c1-18(2)25(19(3)4)15-22-11-13-23(14-12-22)16-26(20(5)6)24(9,10)17-27-21(7)8/h11-14,18-21H,15-17H2,1-10H3. The molecule has 1 rings (SSSR count). The molecule has 0 radical (unpaired) electrons. The minimum Gasteiger partial charge on any atom is -0.377 e. The van der Waals surface area contributed by atoms with E-state index < -0.39 is 0 Å². The van der Waals surface area contributed by atoms with Gasteiger partial charge in [-0.05, 0) is 80.4 Å². The van der Waals surface area contributed by atoms with E-state index in [4.69, 9.17) is 4.74 Å². The molecule has 0 saturated carbocycles. The van der Waals surface area contributed by atoms with Crippen molar-refractivity contribution in [3.8, 4) is 0 Å². The van der Waals surface area contributed by atoms with Gasteiger partial charge in [0.15, 0.2) is 0 Å². The second-order valence-corrected chi connectivity index (χ2v) is 9.57. The number of hydrogen-bond acceptors (Lipinski definition) is 3. The van der Waals surface area contributed by atoms with Crippen LogP contribution < -0.4 is 0 Å². The summed E-state index contributed by atoms with van der Waals surface area (Å²) in [6.45, 7) is 25.1. The van der Waals surface area contributed by atoms with Gasteiger partial charge in [0.2, 0.25) is 0 Å². The van der Waals surface area contributed by atoms with Crippen molar-refractivity contribution in [1.29, 1.82) is 0 Å². The maximum atomic E-state index is 5.94. The monoisotopic (exact) mass is 376 g/mol. The smallest absolute Gasteiger partial charge is 0.0648 e. The molecule has 0 aromatic heterocycles. The highest BCUT2D eigenvalue weighted by Gasteiger charge is 2.29. The van der Waals surface area contributed by atoms with Crippen molar-refractivity contribution in [2.45, 2.75) is 112 Å². The molecular weight excluding hydrogens is 332 g/mol. The fraction of sp³-hybridized carbons (Fsp3) is 0.750. The van der Waals surface area contributed by atoms with E-state index in [9.17, 15) is 0 Å². The third-order valence-electron chi connectivity index (χ3n) is 5.24. The highest BCUT2D eigenvalue weighted by atomic mass is 16.5. The summed E-state index contributed by atoms with van der Waals surface area (Å²) in [5.74, 6) is 0. The normalized spacial score (nSPS) is 13.2. The van der Waals surface area contributed by atoms with Crippen molar-refractivity contribution in [2.75, 3.05) is 6.61 Å². The van der Waals surface area contributed by atoms with Crippen molar-refractivity contribution in [1.82, 2.24) is 9.80 Å². The number of hydrogen-bond donors (Lipinski definition) is 0. The van der Waals surface area contributed by atoms with Crippen LogP contribution in [0.5, 0.6) is 0 Å². The molecule has 0 aliphatic heterocycles. The molecular formula is C24H44N2O. The Balaban J connectivity index is 2.84. The van der Waals surface area contributed by atoms with E-state index >= 15 is 0 Å². The van der Waals surface area contributed by atoms with Crippen LogP contribution in [0.3, 0.4) is 0 Å². The van der Waals surface area contributed by atoms with E-state index in [0.29, 0.717) is 18.1 Å². The van der Waals surface area contributed by atoms with Gasteiger partial charge >= 0.3 is 0 Å². The van der Waals surface area contributed by atoms with Gasteiger partial charge in [0, 0.05) is 36.8 Å². The Bertz CT molecular complexity index is 524. The van der Waals surface area contributed by atoms with E-state index in [-0.39, 0.29) is 11.6 Å². The molecule has 0 aliphatic rings. The van der Waals surface area contributed by atoms with E-state index in [1.807, 2.05) is 0 Å². The van der Waals surface area contributed by atoms with Crippen molar-refractivity contribution in [2.24, 2.45) is 0 Å². The van der Waals surface area contributed by atoms with Gasteiger partial charge in [-0.3, -0.25) is 9.80 Å². The Labute approximate surface area is 169 Å². The van der Waals surface area contributed by atoms with Crippen LogP contribution in [0.4, 0.5) is 0 Å². The summed E-state index contributed by atoms with van der Waals surface area (Å²) in [6, 6.07) is 10.8. The highest BCUT2D eigenvalue weighted by Crippen LogP contribution is 2.23. The van der Waals surface area contributed by atoms with Crippen LogP contribution in [0.1, 0.15) is 80.4 Å². The van der Waals surface area contributed by atoms with Crippen molar-refractivity contribution >= 4 is 0 Å². The molecule has 0 aliphatic carbocycles. The van der Waals surface area contributed by atoms with Gasteiger partial charge in [-0.1, -0.05) is 24.3 Å². The first-order chi connectivity index (χ1) is 12.4. The van der Waals surface area contributed by atoms with Gasteiger partial charge in [-0.2, -0.15) is 0 Å². The molecule has 0 spiro atoms. The highest BCUT2D eigenvalue weighted by molar-refractivity contribution is 5.23. The fourth-order valence-corrected chi connectivity index (χ4v) is 3.67. The third-order valence-corrected chi connectivity index (χ3v) is 5.24. The van der Waals surface area contributed by atoms with E-state index in [1.165, 1.54) is 11.1 Å². The quantitative estimate of drug-likeness (QED) is 0.491. The second-order valence-electron chi connectivity index (χ2n) is 9.57. The molecule has 0 saturated heterocycles. The SMILES string of the molecule is CC(C)OCC(C)(C)N(Cc1ccc(CN(C(C)C)C(C)C)cc1)C(C)C. The van der Waals surface area contributed by atoms with Gasteiger partial charge in [-0.15, -0.1) is 0 Å². The second kappa shape index (κ2) is 10.6. The van der Waals surface area contributed by atoms with Crippen LogP contribution in [0, 0.1) is 0 Å². The molecule has 0 fully saturated rings. The first-order valence-electron chi connectivity index (χ1n) is 10.7. The summed E-state index contributed by atoms with van der Waals surface area (Å²) in [4.78, 5) is 5.07. The Morgan fingerprint density at radius 2 is 1.19 bits per heavy atom. The fourth-order valence-electron chi connectivity index (χ4n) is 3.67. The van der Waals surface area contributed by atoms with Gasteiger partial charge in [0.25, 0.3) is 0 Å². The van der Waals surface area contributed by atoms with E-state index in [0.717, 1.165) is 19.7 Å². The lowest BCUT2D eigenvalue weighted by Crippen LogP contribution is -2.50. The summed E-state index contributed by atoms with van der Waals surface area (Å²) >= 11 is 0. The summed E-state index contributed by atoms with van der Waals surface area (Å²) in [6.07, 6.45) is 0.266. The Hall–Kier alpha value is -0.900. The summed E-state index contributed by atoms with van der Waals surface area (Å²) in [7, 11) is 0. The predicted molar refractivity (Wildman–Crippen MR) is 118 cm³/mol. The number of ether oxygens (including phenoxy) is 1. The third kappa shape index (κ3) is 7.93. The Morgan fingerprint density at radius 3 is 1.56 bits per heavy atom. The maximum absolute atomic E-state index is 5.94. The molecule has 1 aromatic carbocycles. The lowest BCUT2D eigenvalue weighted by Gasteiger charge is -2.42. The average molecular weight is 377 g/mol. The zero-order valence-electron chi connectivity index (χ0n) is 19.5. The Morgan fingerprint density at radius 1 is 0.741 bits per heavy atom. The summed E-state index contributed by atoms with van der Waals surface area (Å²) < 4.78 is 5.94. The number of nitrogens with zero attached hydrogens (tertiary/aromatic N) is 2. The first-order valence-corrected chi connectivity index (χ1v) is 10.7. The first kappa shape index (κ1) is 24.1. The maximum Gasteiger partial charge on any atom is 0.0648 e. The molecule has 0 heterocycles. The van der Waals surface area contributed by atoms with Crippen LogP contribution in [-0.2, 0) is 17.8 Å². The van der Waals surface area contributed by atoms with Crippen LogP contribution in [0.15, 0.2) is 24.3 Å². The van der Waals surface area contributed by atoms with Gasteiger partial charge < -0.3 is 4.74 Å². The summed E-state index contributed by atoms with van der Waals surface area (Å²) in [5.41, 5.74) is 2.76. The molecule has 1 aromatic rings. The molecule has 0 N–H and O–H groups in total. The molecule has 0 unspecified atom stereocenters. The van der Waals surface area contributed by atoms with Crippen LogP contribution in [-0.4, -0.2) is 46.2 Å². The topological polar surface area (TPSA) is 15.7 Å². The predicted octanol–water partition coefficient (Wildman–Crippen LogP) is 5.72. The zero-order valence-corrected chi connectivity index (χ0v) is 19.5. The van der Waals surface area contributed by atoms with Crippen molar-refractivity contribution in [3.63, 3.8) is 0 Å². The minimum atomic E-state index is 0.00317. The van der Waals surface area contributed by atoms with Crippen LogP contribution in [0.25, 0.3) is 0 Å². The zero-order chi connectivity index (χ0) is 20.8. The molecule has 0 amide bonds. The molecule has 27 heavy (non-hydrogen) atoms. The van der Waals surface area contributed by atoms with Crippen molar-refractivity contribution in [3.05, 3.63) is 35.4 Å². The summed E-state index contributed by atoms with van der Waals surface area (Å²) in [5, 5.41) is 0. The molecule has 0 atom stereocenters. The molecule has 3 nitrogen and oxygen atoms in total. The van der Waals surface area contributed by atoms with Crippen molar-refractivity contribution < 1.29 is 4.74 Å². The molecule has 156 valence electrons.